The number of nitrogens with zero attached hydrogens (tertiary/aromatic N) is 2. The maximum absolute atomic E-state index is 13.5. The number of ether oxygens (including phenoxy) is 1. The summed E-state index contributed by atoms with van der Waals surface area (Å²) in [6, 6.07) is 8.81. The maximum Gasteiger partial charge on any atom is 0.417 e. The third kappa shape index (κ3) is 6.85. The first-order chi connectivity index (χ1) is 17.6. The second kappa shape index (κ2) is 11.1. The van der Waals surface area contributed by atoms with Gasteiger partial charge < -0.3 is 15.2 Å². The van der Waals surface area contributed by atoms with Crippen LogP contribution in [0.4, 0.5) is 23.2 Å². The number of hydrogen-bond acceptors (Lipinski definition) is 6. The minimum absolute atomic E-state index is 0.0146. The van der Waals surface area contributed by atoms with E-state index in [-0.39, 0.29) is 22.0 Å². The molecule has 2 amide bonds. The van der Waals surface area contributed by atoms with Gasteiger partial charge in [-0.25, -0.2) is 9.19 Å². The first kappa shape index (κ1) is 29.0. The number of alkyl halides is 3. The van der Waals surface area contributed by atoms with Crippen molar-refractivity contribution in [3.63, 3.8) is 0 Å². The highest BCUT2D eigenvalue weighted by Gasteiger charge is 2.35. The Morgan fingerprint density at radius 3 is 2.45 bits per heavy atom. The topological polar surface area (TPSA) is 118 Å². The van der Waals surface area contributed by atoms with Crippen molar-refractivity contribution in [2.75, 3.05) is 11.6 Å². The van der Waals surface area contributed by atoms with E-state index in [9.17, 15) is 36.5 Å². The summed E-state index contributed by atoms with van der Waals surface area (Å²) in [5.41, 5.74) is -1.59. The molecule has 0 aliphatic rings. The van der Waals surface area contributed by atoms with Gasteiger partial charge in [-0.1, -0.05) is 17.7 Å². The third-order valence-electron chi connectivity index (χ3n) is 4.99. The van der Waals surface area contributed by atoms with E-state index in [0.717, 1.165) is 31.4 Å². The van der Waals surface area contributed by atoms with Crippen LogP contribution < -0.4 is 10.1 Å². The van der Waals surface area contributed by atoms with Crippen molar-refractivity contribution < 1.29 is 41.2 Å². The van der Waals surface area contributed by atoms with E-state index in [1.165, 1.54) is 31.2 Å². The smallest absolute Gasteiger partial charge is 0.417 e. The van der Waals surface area contributed by atoms with Gasteiger partial charge in [-0.2, -0.15) is 21.9 Å². The van der Waals surface area contributed by atoms with Crippen LogP contribution in [0.5, 0.6) is 11.5 Å². The Morgan fingerprint density at radius 1 is 1.16 bits per heavy atom. The molecule has 0 bridgehead atoms. The summed E-state index contributed by atoms with van der Waals surface area (Å²) < 4.78 is 75.8. The molecule has 0 radical (unpaired) electrons. The molecule has 14 heteroatoms. The maximum atomic E-state index is 13.5. The molecule has 38 heavy (non-hydrogen) atoms. The first-order valence-corrected chi connectivity index (χ1v) is 13.0. The Hall–Kier alpha value is -3.55. The highest BCUT2D eigenvalue weighted by molar-refractivity contribution is 7.93. The normalized spacial score (nSPS) is 13.8. The Bertz CT molecular complexity index is 1540. The summed E-state index contributed by atoms with van der Waals surface area (Å²) in [5, 5.41) is 11.0. The highest BCUT2D eigenvalue weighted by atomic mass is 35.5. The molecule has 0 unspecified atom stereocenters. The minimum atomic E-state index is -4.87. The van der Waals surface area contributed by atoms with E-state index in [4.69, 9.17) is 16.3 Å². The number of carbonyl (C=O) groups is 2. The van der Waals surface area contributed by atoms with Gasteiger partial charge in [-0.3, -0.25) is 9.59 Å². The van der Waals surface area contributed by atoms with Crippen molar-refractivity contribution in [2.45, 2.75) is 31.0 Å². The lowest BCUT2D eigenvalue weighted by Crippen LogP contribution is -2.16. The molecule has 202 valence electrons. The highest BCUT2D eigenvalue weighted by Crippen LogP contribution is 2.40. The van der Waals surface area contributed by atoms with Gasteiger partial charge in [0.05, 0.1) is 31.6 Å². The van der Waals surface area contributed by atoms with Gasteiger partial charge in [0.1, 0.15) is 17.6 Å². The number of pyridine rings is 1. The fourth-order valence-corrected chi connectivity index (χ4v) is 4.63. The van der Waals surface area contributed by atoms with Crippen LogP contribution in [-0.4, -0.2) is 38.5 Å². The molecular weight excluding hydrogens is 554 g/mol. The number of hydrogen-bond donors (Lipinski definition) is 2. The minimum Gasteiger partial charge on any atom is -0.455 e. The van der Waals surface area contributed by atoms with Crippen molar-refractivity contribution in [3.05, 3.63) is 76.3 Å². The van der Waals surface area contributed by atoms with Crippen molar-refractivity contribution in [3.8, 4) is 11.5 Å². The molecule has 0 aliphatic carbocycles. The number of carbonyl (C=O) groups excluding carboxylic acids is 2. The summed E-state index contributed by atoms with van der Waals surface area (Å²) in [6.45, 7) is 2.52. The first-order valence-electron chi connectivity index (χ1n) is 10.7. The standard InChI is InChI=1S/C24H20ClF4N3O5S/c1-12-19(7-8-21(26)30-12)37-20-11-17(24(27,28)29)18(25)10-16(20)23(35)31-14-5-4-6-15(9-14)38(3,36)32-22(34)13(2)33/h4-11,13,33H,1-3H3,(H,31,35)/t13-,38-/m1/s1. The number of benzene rings is 2. The number of anilines is 1. The molecule has 0 aliphatic heterocycles. The van der Waals surface area contributed by atoms with Crippen LogP contribution in [0, 0.1) is 12.9 Å². The lowest BCUT2D eigenvalue weighted by molar-refractivity contribution is -0.137. The van der Waals surface area contributed by atoms with Crippen LogP contribution >= 0.6 is 11.6 Å². The predicted octanol–water partition coefficient (Wildman–Crippen LogP) is 5.61. The molecule has 2 atom stereocenters. The van der Waals surface area contributed by atoms with Crippen LogP contribution in [0.3, 0.4) is 0 Å². The average Bonchev–Trinajstić information content (AvgIpc) is 2.80. The zero-order chi connectivity index (χ0) is 28.4. The average molecular weight is 574 g/mol. The van der Waals surface area contributed by atoms with E-state index in [1.54, 1.807) is 0 Å². The van der Waals surface area contributed by atoms with E-state index in [1.807, 2.05) is 0 Å². The molecule has 3 rings (SSSR count). The number of amides is 2. The zero-order valence-electron chi connectivity index (χ0n) is 20.0. The van der Waals surface area contributed by atoms with Gasteiger partial charge >= 0.3 is 6.18 Å². The lowest BCUT2D eigenvalue weighted by atomic mass is 10.1. The van der Waals surface area contributed by atoms with Crippen LogP contribution in [0.1, 0.15) is 28.5 Å². The molecule has 2 N–H and O–H groups in total. The molecule has 3 aromatic rings. The summed E-state index contributed by atoms with van der Waals surface area (Å²) >= 11 is 5.83. The van der Waals surface area contributed by atoms with Gasteiger partial charge in [0.2, 0.25) is 5.95 Å². The zero-order valence-corrected chi connectivity index (χ0v) is 21.5. The summed E-state index contributed by atoms with van der Waals surface area (Å²) in [6.07, 6.45) is -5.18. The summed E-state index contributed by atoms with van der Waals surface area (Å²) in [5.74, 6) is -3.43. The number of aromatic nitrogens is 1. The molecule has 0 fully saturated rings. The molecule has 2 aromatic carbocycles. The monoisotopic (exact) mass is 573 g/mol. The predicted molar refractivity (Wildman–Crippen MR) is 131 cm³/mol. The van der Waals surface area contributed by atoms with E-state index < -0.39 is 61.7 Å². The van der Waals surface area contributed by atoms with E-state index in [0.29, 0.717) is 6.07 Å². The second-order valence-corrected chi connectivity index (χ2v) is 10.7. The number of halogens is 5. The Kier molecular flexibility index (Phi) is 8.44. The van der Waals surface area contributed by atoms with Gasteiger partial charge in [-0.05, 0) is 56.3 Å². The summed E-state index contributed by atoms with van der Waals surface area (Å²) in [4.78, 5) is 28.4. The molecule has 0 spiro atoms. The van der Waals surface area contributed by atoms with Crippen LogP contribution in [-0.2, 0) is 20.7 Å². The van der Waals surface area contributed by atoms with Crippen LogP contribution in [0.2, 0.25) is 5.02 Å². The van der Waals surface area contributed by atoms with Gasteiger partial charge in [0, 0.05) is 16.8 Å². The largest absolute Gasteiger partial charge is 0.455 e. The number of aryl methyl sites for hydroxylation is 1. The number of aliphatic hydroxyl groups is 1. The fourth-order valence-electron chi connectivity index (χ4n) is 3.09. The molecular formula is C24H20ClF4N3O5S. The second-order valence-electron chi connectivity index (χ2n) is 8.04. The molecule has 0 saturated carbocycles. The fraction of sp³-hybridized carbons (Fsp3) is 0.208. The van der Waals surface area contributed by atoms with Gasteiger partial charge in [0.25, 0.3) is 11.8 Å². The number of aliphatic hydroxyl groups excluding tert-OH is 1. The van der Waals surface area contributed by atoms with Gasteiger partial charge in [0.15, 0.2) is 0 Å². The molecule has 1 heterocycles. The molecule has 8 nitrogen and oxygen atoms in total. The van der Waals surface area contributed by atoms with Crippen LogP contribution in [0.15, 0.2) is 57.8 Å². The molecule has 0 saturated heterocycles. The van der Waals surface area contributed by atoms with Crippen LogP contribution in [0.25, 0.3) is 0 Å². The van der Waals surface area contributed by atoms with E-state index >= 15 is 0 Å². The van der Waals surface area contributed by atoms with Crippen molar-refractivity contribution in [2.24, 2.45) is 4.36 Å². The third-order valence-corrected chi connectivity index (χ3v) is 6.96. The Balaban J connectivity index is 2.03. The van der Waals surface area contributed by atoms with E-state index in [2.05, 4.69) is 14.7 Å². The Morgan fingerprint density at radius 2 is 1.84 bits per heavy atom. The van der Waals surface area contributed by atoms with Gasteiger partial charge in [-0.15, -0.1) is 0 Å². The Labute approximate surface area is 219 Å². The SMILES string of the molecule is Cc1nc(F)ccc1Oc1cc(C(F)(F)F)c(Cl)cc1C(=O)Nc1cccc([S@@](C)(=O)=NC(=O)[C@@H](C)O)c1. The van der Waals surface area contributed by atoms with Crippen molar-refractivity contribution >= 4 is 38.8 Å². The quantitative estimate of drug-likeness (QED) is 0.292. The molecule has 1 aromatic heterocycles. The van der Waals surface area contributed by atoms with Crippen molar-refractivity contribution in [1.82, 2.24) is 4.98 Å². The summed E-state index contributed by atoms with van der Waals surface area (Å²) in [7, 11) is -3.31. The van der Waals surface area contributed by atoms with Crippen molar-refractivity contribution in [1.29, 1.82) is 0 Å². The number of nitrogens with one attached hydrogen (secondary N) is 1. The lowest BCUT2D eigenvalue weighted by Gasteiger charge is -2.17. The number of rotatable bonds is 6.